The number of hydrogen-bond donors (Lipinski definition) is 0. The lowest BCUT2D eigenvalue weighted by Gasteiger charge is -2.29. The van der Waals surface area contributed by atoms with Gasteiger partial charge in [0.15, 0.2) is 4.80 Å². The Balaban J connectivity index is 1.57. The molecule has 3 heterocycles. The fraction of sp³-hybridized carbons (Fsp3) is 0.250. The topological polar surface area (TPSA) is 68.8 Å². The number of carbonyl (C=O) groups excluding carboxylic acids is 1. The molecule has 0 bridgehead atoms. The number of hydrogen-bond acceptors (Lipinski definition) is 5. The molecule has 230 valence electrons. The number of allylic oxidation sites excluding steroid dienone is 1. The Hall–Kier alpha value is -4.76. The predicted molar refractivity (Wildman–Crippen MR) is 177 cm³/mol. The number of nitrogens with zero attached hydrogens (tertiary/aromatic N) is 4. The second-order valence-corrected chi connectivity index (χ2v) is 12.0. The highest BCUT2D eigenvalue weighted by atomic mass is 32.1. The van der Waals surface area contributed by atoms with Gasteiger partial charge in [-0.2, -0.15) is 0 Å². The molecule has 9 heteroatoms. The molecule has 6 rings (SSSR count). The summed E-state index contributed by atoms with van der Waals surface area (Å²) in [5, 5.41) is 0.965. The lowest BCUT2D eigenvalue weighted by molar-refractivity contribution is -0.127. The van der Waals surface area contributed by atoms with Crippen LogP contribution in [0.3, 0.4) is 0 Å². The number of thiazole rings is 1. The maximum atomic E-state index is 14.7. The van der Waals surface area contributed by atoms with Crippen LogP contribution in [0.1, 0.15) is 49.2 Å². The van der Waals surface area contributed by atoms with Crippen LogP contribution in [0, 0.1) is 12.7 Å². The molecular formula is C36H35FN4O3S. The molecule has 0 saturated carbocycles. The normalized spacial score (nSPS) is 14.9. The molecule has 45 heavy (non-hydrogen) atoms. The van der Waals surface area contributed by atoms with Gasteiger partial charge in [0.1, 0.15) is 17.6 Å². The van der Waals surface area contributed by atoms with E-state index in [9.17, 15) is 14.0 Å². The van der Waals surface area contributed by atoms with Crippen LogP contribution in [0.2, 0.25) is 0 Å². The van der Waals surface area contributed by atoms with E-state index in [-0.39, 0.29) is 17.3 Å². The van der Waals surface area contributed by atoms with Crippen LogP contribution >= 0.6 is 11.3 Å². The standard InChI is InChI=1S/C36H35FN4O3S/c1-6-39(7-2)35(43)32-22(3)38-36-41(33(32)26-16-10-13-19-30(26)44-5)34(42)31(45-36)20-27-23(4)40(29-18-12-9-15-25(27)29)21-24-14-8-11-17-28(24)37/h8-20,33H,6-7,21H2,1-5H3/b31-20+/t33-/m0/s1. The van der Waals surface area contributed by atoms with Crippen molar-refractivity contribution in [3.05, 3.63) is 132 Å². The van der Waals surface area contributed by atoms with E-state index in [0.717, 1.165) is 27.7 Å². The summed E-state index contributed by atoms with van der Waals surface area (Å²) in [6.07, 6.45) is 1.91. The maximum absolute atomic E-state index is 14.7. The van der Waals surface area contributed by atoms with Gasteiger partial charge in [0.25, 0.3) is 11.5 Å². The van der Waals surface area contributed by atoms with Crippen molar-refractivity contribution < 1.29 is 13.9 Å². The molecular weight excluding hydrogens is 587 g/mol. The van der Waals surface area contributed by atoms with E-state index >= 15 is 0 Å². The van der Waals surface area contributed by atoms with E-state index in [0.29, 0.717) is 51.6 Å². The van der Waals surface area contributed by atoms with Crippen molar-refractivity contribution in [2.24, 2.45) is 4.99 Å². The van der Waals surface area contributed by atoms with Crippen molar-refractivity contribution in [2.45, 2.75) is 40.3 Å². The Bertz CT molecular complexity index is 2150. The molecule has 0 saturated heterocycles. The molecule has 0 N–H and O–H groups in total. The van der Waals surface area contributed by atoms with Gasteiger partial charge in [-0.05, 0) is 52.0 Å². The van der Waals surface area contributed by atoms with Crippen LogP contribution in [-0.2, 0) is 11.3 Å². The number of ether oxygens (including phenoxy) is 1. The fourth-order valence-corrected chi connectivity index (χ4v) is 7.26. The van der Waals surface area contributed by atoms with Crippen molar-refractivity contribution in [2.75, 3.05) is 20.2 Å². The van der Waals surface area contributed by atoms with Crippen molar-refractivity contribution in [3.8, 4) is 5.75 Å². The van der Waals surface area contributed by atoms with Gasteiger partial charge in [-0.3, -0.25) is 14.2 Å². The van der Waals surface area contributed by atoms with Gasteiger partial charge in [0.05, 0.1) is 29.5 Å². The van der Waals surface area contributed by atoms with Crippen LogP contribution in [0.15, 0.2) is 93.9 Å². The summed E-state index contributed by atoms with van der Waals surface area (Å²) in [7, 11) is 1.59. The predicted octanol–water partition coefficient (Wildman–Crippen LogP) is 5.56. The Morgan fingerprint density at radius 2 is 1.71 bits per heavy atom. The Morgan fingerprint density at radius 1 is 1.02 bits per heavy atom. The first-order valence-corrected chi connectivity index (χ1v) is 15.9. The summed E-state index contributed by atoms with van der Waals surface area (Å²) in [5.41, 5.74) is 4.86. The van der Waals surface area contributed by atoms with Crippen molar-refractivity contribution in [1.82, 2.24) is 14.0 Å². The molecule has 2 aromatic heterocycles. The smallest absolute Gasteiger partial charge is 0.271 e. The highest BCUT2D eigenvalue weighted by molar-refractivity contribution is 7.07. The molecule has 0 radical (unpaired) electrons. The number of rotatable bonds is 8. The molecule has 0 spiro atoms. The monoisotopic (exact) mass is 622 g/mol. The minimum Gasteiger partial charge on any atom is -0.496 e. The molecule has 1 aliphatic rings. The first kappa shape index (κ1) is 30.3. The van der Waals surface area contributed by atoms with Gasteiger partial charge < -0.3 is 14.2 Å². The fourth-order valence-electron chi connectivity index (χ4n) is 6.23. The van der Waals surface area contributed by atoms with Crippen LogP contribution < -0.4 is 19.6 Å². The van der Waals surface area contributed by atoms with Gasteiger partial charge >= 0.3 is 0 Å². The lowest BCUT2D eigenvalue weighted by Crippen LogP contribution is -2.43. The Labute approximate surface area is 264 Å². The van der Waals surface area contributed by atoms with Gasteiger partial charge in [-0.1, -0.05) is 65.9 Å². The van der Waals surface area contributed by atoms with E-state index in [2.05, 4.69) is 4.57 Å². The number of para-hydroxylation sites is 2. The van der Waals surface area contributed by atoms with Crippen molar-refractivity contribution in [3.63, 3.8) is 0 Å². The SMILES string of the molecule is CCN(CC)C(=O)C1=C(C)N=c2s/c(=C/c3c(C)n(Cc4ccccc4F)c4ccccc34)c(=O)n2[C@H]1c1ccccc1OC. The number of carbonyl (C=O) groups is 1. The molecule has 1 aliphatic heterocycles. The van der Waals surface area contributed by atoms with E-state index < -0.39 is 6.04 Å². The first-order valence-electron chi connectivity index (χ1n) is 15.0. The third-order valence-corrected chi connectivity index (χ3v) is 9.56. The van der Waals surface area contributed by atoms with Gasteiger partial charge in [-0.25, -0.2) is 9.38 Å². The molecule has 0 fully saturated rings. The average Bonchev–Trinajstić information content (AvgIpc) is 3.50. The zero-order valence-electron chi connectivity index (χ0n) is 26.0. The molecule has 1 amide bonds. The summed E-state index contributed by atoms with van der Waals surface area (Å²) in [5.74, 6) is 0.175. The molecule has 5 aromatic rings. The third-order valence-electron chi connectivity index (χ3n) is 8.58. The zero-order chi connectivity index (χ0) is 31.8. The Morgan fingerprint density at radius 3 is 2.44 bits per heavy atom. The van der Waals surface area contributed by atoms with Crippen LogP contribution in [0.4, 0.5) is 4.39 Å². The minimum absolute atomic E-state index is 0.154. The van der Waals surface area contributed by atoms with Gasteiger partial charge in [-0.15, -0.1) is 0 Å². The zero-order valence-corrected chi connectivity index (χ0v) is 26.8. The number of aromatic nitrogens is 2. The van der Waals surface area contributed by atoms with E-state index in [4.69, 9.17) is 9.73 Å². The number of likely N-dealkylation sites (N-methyl/N-ethyl adjacent to an activating group) is 1. The summed E-state index contributed by atoms with van der Waals surface area (Å²) in [6, 6.07) is 21.5. The summed E-state index contributed by atoms with van der Waals surface area (Å²) in [6.45, 7) is 9.13. The minimum atomic E-state index is -0.712. The average molecular weight is 623 g/mol. The number of benzene rings is 3. The van der Waals surface area contributed by atoms with Crippen LogP contribution in [0.5, 0.6) is 5.75 Å². The molecule has 1 atom stereocenters. The van der Waals surface area contributed by atoms with Crippen LogP contribution in [0.25, 0.3) is 17.0 Å². The van der Waals surface area contributed by atoms with E-state index in [1.807, 2.05) is 88.4 Å². The second-order valence-electron chi connectivity index (χ2n) is 11.0. The van der Waals surface area contributed by atoms with Gasteiger partial charge in [0, 0.05) is 46.4 Å². The maximum Gasteiger partial charge on any atom is 0.271 e. The highest BCUT2D eigenvalue weighted by Crippen LogP contribution is 2.36. The van der Waals surface area contributed by atoms with E-state index in [1.165, 1.54) is 17.4 Å². The number of halogens is 1. The van der Waals surface area contributed by atoms with Gasteiger partial charge in [0.2, 0.25) is 0 Å². The third kappa shape index (κ3) is 5.21. The lowest BCUT2D eigenvalue weighted by atomic mass is 9.94. The van der Waals surface area contributed by atoms with Crippen molar-refractivity contribution >= 4 is 34.2 Å². The molecule has 0 aliphatic carbocycles. The Kier molecular flexibility index (Phi) is 8.29. The van der Waals surface area contributed by atoms with E-state index in [1.54, 1.807) is 28.7 Å². The molecule has 7 nitrogen and oxygen atoms in total. The summed E-state index contributed by atoms with van der Waals surface area (Å²) in [4.78, 5) is 35.5. The van der Waals surface area contributed by atoms with Crippen LogP contribution in [-0.4, -0.2) is 40.1 Å². The number of fused-ring (bicyclic) bond motifs is 2. The first-order chi connectivity index (χ1) is 21.8. The van der Waals surface area contributed by atoms with Crippen molar-refractivity contribution in [1.29, 1.82) is 0 Å². The molecule has 0 unspecified atom stereocenters. The largest absolute Gasteiger partial charge is 0.496 e. The molecule has 3 aromatic carbocycles. The second kappa shape index (κ2) is 12.3. The quantitative estimate of drug-likeness (QED) is 0.228. The summed E-state index contributed by atoms with van der Waals surface area (Å²) >= 11 is 1.30. The summed E-state index contributed by atoms with van der Waals surface area (Å²) < 4.78 is 24.6. The number of amides is 1. The number of methoxy groups -OCH3 is 1. The highest BCUT2D eigenvalue weighted by Gasteiger charge is 2.35.